The van der Waals surface area contributed by atoms with E-state index in [2.05, 4.69) is 12.6 Å². The third-order valence-electron chi connectivity index (χ3n) is 0.970. The van der Waals surface area contributed by atoms with Gasteiger partial charge >= 0.3 is 0 Å². The number of hydrogen-bond donors (Lipinski definition) is 1. The predicted molar refractivity (Wildman–Crippen MR) is 33.7 cm³/mol. The molecular formula is C5H10OS. The van der Waals surface area contributed by atoms with Crippen LogP contribution in [-0.2, 0) is 4.79 Å². The largest absolute Gasteiger partial charge is 0.302 e. The molecule has 0 aromatic rings. The maximum atomic E-state index is 9.98. The van der Waals surface area contributed by atoms with Crippen molar-refractivity contribution in [2.24, 2.45) is 0 Å². The van der Waals surface area contributed by atoms with Crippen LogP contribution in [0.25, 0.3) is 0 Å². The van der Waals surface area contributed by atoms with Crippen LogP contribution in [0.3, 0.4) is 0 Å². The number of aldehydes is 1. The molecular weight excluding hydrogens is 108 g/mol. The number of hydrogen-bond acceptors (Lipinski definition) is 2. The highest BCUT2D eigenvalue weighted by Crippen LogP contribution is 2.12. The molecule has 0 bridgehead atoms. The molecule has 0 aliphatic rings. The monoisotopic (exact) mass is 118 g/mol. The van der Waals surface area contributed by atoms with Crippen molar-refractivity contribution in [3.63, 3.8) is 0 Å². The number of carbonyl (C=O) groups excluding carboxylic acids is 1. The fraction of sp³-hybridized carbons (Fsp3) is 0.800. The van der Waals surface area contributed by atoms with E-state index in [0.717, 1.165) is 12.7 Å². The van der Waals surface area contributed by atoms with Crippen LogP contribution in [0, 0.1) is 0 Å². The highest BCUT2D eigenvalue weighted by molar-refractivity contribution is 7.82. The quantitative estimate of drug-likeness (QED) is 0.427. The lowest BCUT2D eigenvalue weighted by atomic mass is 10.1. The molecule has 0 saturated carbocycles. The van der Waals surface area contributed by atoms with Gasteiger partial charge in [-0.25, -0.2) is 0 Å². The Kier molecular flexibility index (Phi) is 2.37. The van der Waals surface area contributed by atoms with Gasteiger partial charge in [-0.2, -0.15) is 12.6 Å². The summed E-state index contributed by atoms with van der Waals surface area (Å²) < 4.78 is -0.403. The molecule has 2 heteroatoms. The first kappa shape index (κ1) is 7.02. The third kappa shape index (κ3) is 2.68. The lowest BCUT2D eigenvalue weighted by Gasteiger charge is -2.09. The van der Waals surface area contributed by atoms with Crippen molar-refractivity contribution in [3.8, 4) is 0 Å². The van der Waals surface area contributed by atoms with Crippen LogP contribution in [0.5, 0.6) is 0 Å². The van der Waals surface area contributed by atoms with Crippen LogP contribution in [0.15, 0.2) is 0 Å². The molecule has 0 aliphatic heterocycles. The fourth-order valence-electron chi connectivity index (χ4n) is 0.0833. The summed E-state index contributed by atoms with van der Waals surface area (Å²) in [4.78, 5) is 9.98. The molecule has 0 rings (SSSR count). The van der Waals surface area contributed by atoms with Crippen LogP contribution in [0.1, 0.15) is 20.3 Å². The summed E-state index contributed by atoms with van der Waals surface area (Å²) in [5.74, 6) is 0. The molecule has 42 valence electrons. The van der Waals surface area contributed by atoms with Gasteiger partial charge in [0, 0.05) is 0 Å². The Morgan fingerprint density at radius 2 is 2.29 bits per heavy atom. The summed E-state index contributed by atoms with van der Waals surface area (Å²) in [6, 6.07) is 0. The lowest BCUT2D eigenvalue weighted by Crippen LogP contribution is -2.15. The van der Waals surface area contributed by atoms with Crippen LogP contribution in [0.4, 0.5) is 0 Å². The van der Waals surface area contributed by atoms with E-state index in [0.29, 0.717) is 0 Å². The van der Waals surface area contributed by atoms with E-state index in [9.17, 15) is 4.79 Å². The molecule has 0 saturated heterocycles. The summed E-state index contributed by atoms with van der Waals surface area (Å²) in [5.41, 5.74) is 0. The molecule has 0 heterocycles. The van der Waals surface area contributed by atoms with Crippen molar-refractivity contribution in [1.29, 1.82) is 0 Å². The van der Waals surface area contributed by atoms with Crippen molar-refractivity contribution >= 4 is 18.9 Å². The average molecular weight is 118 g/mol. The molecule has 0 aliphatic carbocycles. The van der Waals surface area contributed by atoms with Crippen LogP contribution >= 0.6 is 12.6 Å². The van der Waals surface area contributed by atoms with Crippen molar-refractivity contribution in [1.82, 2.24) is 0 Å². The minimum Gasteiger partial charge on any atom is -0.302 e. The summed E-state index contributed by atoms with van der Waals surface area (Å²) in [7, 11) is 0. The first-order valence-electron chi connectivity index (χ1n) is 2.31. The van der Waals surface area contributed by atoms with Crippen molar-refractivity contribution in [2.75, 3.05) is 0 Å². The Bertz CT molecular complexity index is 68.5. The number of carbonyl (C=O) groups is 1. The molecule has 7 heavy (non-hydrogen) atoms. The van der Waals surface area contributed by atoms with Gasteiger partial charge in [-0.05, 0) is 13.3 Å². The van der Waals surface area contributed by atoms with Crippen LogP contribution in [-0.4, -0.2) is 11.0 Å². The summed E-state index contributed by atoms with van der Waals surface area (Å²) in [6.07, 6.45) is 1.65. The van der Waals surface area contributed by atoms with E-state index in [1.165, 1.54) is 0 Å². The van der Waals surface area contributed by atoms with Gasteiger partial charge in [-0.15, -0.1) is 0 Å². The van der Waals surface area contributed by atoms with Crippen molar-refractivity contribution in [2.45, 2.75) is 25.0 Å². The Morgan fingerprint density at radius 3 is 2.29 bits per heavy atom. The summed E-state index contributed by atoms with van der Waals surface area (Å²) in [6.45, 7) is 3.73. The Morgan fingerprint density at radius 1 is 1.86 bits per heavy atom. The second-order valence-electron chi connectivity index (χ2n) is 1.83. The highest BCUT2D eigenvalue weighted by atomic mass is 32.1. The molecule has 0 amide bonds. The van der Waals surface area contributed by atoms with Gasteiger partial charge in [-0.3, -0.25) is 0 Å². The van der Waals surface area contributed by atoms with E-state index < -0.39 is 4.75 Å². The first-order chi connectivity index (χ1) is 3.12. The maximum absolute atomic E-state index is 9.98. The SMILES string of the molecule is CCC(C)(S)C=O. The van der Waals surface area contributed by atoms with Gasteiger partial charge in [-0.1, -0.05) is 6.92 Å². The number of thiol groups is 1. The van der Waals surface area contributed by atoms with E-state index in [-0.39, 0.29) is 0 Å². The summed E-state index contributed by atoms with van der Waals surface area (Å²) in [5, 5.41) is 0. The molecule has 1 unspecified atom stereocenters. The van der Waals surface area contributed by atoms with Gasteiger partial charge in [0.05, 0.1) is 4.75 Å². The molecule has 0 aromatic carbocycles. The van der Waals surface area contributed by atoms with Crippen LogP contribution in [0.2, 0.25) is 0 Å². The first-order valence-corrected chi connectivity index (χ1v) is 2.76. The molecule has 0 spiro atoms. The fourth-order valence-corrected chi connectivity index (χ4v) is 0.0833. The maximum Gasteiger partial charge on any atom is 0.135 e. The Balaban J connectivity index is 3.58. The Labute approximate surface area is 49.5 Å². The van der Waals surface area contributed by atoms with Crippen LogP contribution < -0.4 is 0 Å². The van der Waals surface area contributed by atoms with Gasteiger partial charge in [0.15, 0.2) is 0 Å². The van der Waals surface area contributed by atoms with Gasteiger partial charge in [0.25, 0.3) is 0 Å². The standard InChI is InChI=1S/C5H10OS/c1-3-5(2,7)4-6/h4,7H,3H2,1-2H3. The average Bonchev–Trinajstić information content (AvgIpc) is 1.68. The molecule has 1 atom stereocenters. The normalized spacial score (nSPS) is 18.1. The van der Waals surface area contributed by atoms with Crippen molar-refractivity contribution < 1.29 is 4.79 Å². The van der Waals surface area contributed by atoms with Crippen molar-refractivity contribution in [3.05, 3.63) is 0 Å². The minimum atomic E-state index is -0.403. The van der Waals surface area contributed by atoms with E-state index in [1.807, 2.05) is 6.92 Å². The zero-order chi connectivity index (χ0) is 5.91. The second kappa shape index (κ2) is 2.36. The lowest BCUT2D eigenvalue weighted by molar-refractivity contribution is -0.109. The summed E-state index contributed by atoms with van der Waals surface area (Å²) >= 11 is 4.02. The van der Waals surface area contributed by atoms with Gasteiger partial charge in [0.1, 0.15) is 6.29 Å². The third-order valence-corrected chi connectivity index (χ3v) is 1.39. The van der Waals surface area contributed by atoms with E-state index >= 15 is 0 Å². The molecule has 0 N–H and O–H groups in total. The topological polar surface area (TPSA) is 17.1 Å². The second-order valence-corrected chi connectivity index (χ2v) is 2.85. The number of rotatable bonds is 2. The molecule has 0 radical (unpaired) electrons. The molecule has 0 aromatic heterocycles. The predicted octanol–water partition coefficient (Wildman–Crippen LogP) is 1.28. The minimum absolute atomic E-state index is 0.403. The molecule has 0 fully saturated rings. The molecule has 1 nitrogen and oxygen atoms in total. The zero-order valence-corrected chi connectivity index (χ0v) is 5.53. The van der Waals surface area contributed by atoms with Gasteiger partial charge < -0.3 is 4.79 Å². The van der Waals surface area contributed by atoms with Gasteiger partial charge in [0.2, 0.25) is 0 Å². The highest BCUT2D eigenvalue weighted by Gasteiger charge is 2.12. The Hall–Kier alpha value is 0.0200. The van der Waals surface area contributed by atoms with E-state index in [4.69, 9.17) is 0 Å². The van der Waals surface area contributed by atoms with E-state index in [1.54, 1.807) is 6.92 Å². The smallest absolute Gasteiger partial charge is 0.135 e. The zero-order valence-electron chi connectivity index (χ0n) is 4.64.